The highest BCUT2D eigenvalue weighted by molar-refractivity contribution is 5.36. The molecule has 0 aromatic heterocycles. The number of hydrogen-bond donors (Lipinski definition) is 2. The highest BCUT2D eigenvalue weighted by atomic mass is 16.5. The van der Waals surface area contributed by atoms with Gasteiger partial charge in [-0.2, -0.15) is 0 Å². The largest absolute Gasteiger partial charge is 0.493 e. The number of nitrogens with two attached hydrogens (primary N) is 1. The zero-order chi connectivity index (χ0) is 15.1. The Morgan fingerprint density at radius 1 is 1.14 bits per heavy atom. The zero-order valence-electron chi connectivity index (χ0n) is 13.2. The van der Waals surface area contributed by atoms with E-state index in [4.69, 9.17) is 10.5 Å². The first-order valence-corrected chi connectivity index (χ1v) is 8.33. The SMILES string of the molecule is CCOc1ccccc1C(O)C1(CN)CCCCCCC1. The summed E-state index contributed by atoms with van der Waals surface area (Å²) in [7, 11) is 0. The minimum Gasteiger partial charge on any atom is -0.493 e. The van der Waals surface area contributed by atoms with Gasteiger partial charge in [-0.25, -0.2) is 0 Å². The summed E-state index contributed by atoms with van der Waals surface area (Å²) in [6, 6.07) is 7.84. The molecular weight excluding hydrogens is 262 g/mol. The Balaban J connectivity index is 2.27. The molecule has 2 rings (SSSR count). The van der Waals surface area contributed by atoms with E-state index in [1.165, 1.54) is 19.3 Å². The molecule has 1 unspecified atom stereocenters. The summed E-state index contributed by atoms with van der Waals surface area (Å²) < 4.78 is 5.69. The van der Waals surface area contributed by atoms with Crippen LogP contribution in [0.15, 0.2) is 24.3 Å². The summed E-state index contributed by atoms with van der Waals surface area (Å²) in [6.07, 6.45) is 7.60. The van der Waals surface area contributed by atoms with Gasteiger partial charge in [0, 0.05) is 17.5 Å². The topological polar surface area (TPSA) is 55.5 Å². The van der Waals surface area contributed by atoms with E-state index < -0.39 is 6.10 Å². The van der Waals surface area contributed by atoms with Gasteiger partial charge in [-0.1, -0.05) is 50.3 Å². The van der Waals surface area contributed by atoms with Gasteiger partial charge in [-0.3, -0.25) is 0 Å². The van der Waals surface area contributed by atoms with E-state index in [0.717, 1.165) is 37.0 Å². The lowest BCUT2D eigenvalue weighted by molar-refractivity contribution is 0.00671. The van der Waals surface area contributed by atoms with Gasteiger partial charge >= 0.3 is 0 Å². The summed E-state index contributed by atoms with van der Waals surface area (Å²) in [5.74, 6) is 0.794. The molecule has 0 heterocycles. The van der Waals surface area contributed by atoms with E-state index in [0.29, 0.717) is 13.2 Å². The zero-order valence-corrected chi connectivity index (χ0v) is 13.2. The Hall–Kier alpha value is -1.06. The fourth-order valence-electron chi connectivity index (χ4n) is 3.52. The van der Waals surface area contributed by atoms with Crippen molar-refractivity contribution in [3.8, 4) is 5.75 Å². The van der Waals surface area contributed by atoms with Crippen LogP contribution in [0.1, 0.15) is 63.5 Å². The van der Waals surface area contributed by atoms with Crippen molar-refractivity contribution in [2.75, 3.05) is 13.2 Å². The molecule has 1 aromatic rings. The van der Waals surface area contributed by atoms with Gasteiger partial charge in [0.1, 0.15) is 5.75 Å². The van der Waals surface area contributed by atoms with Crippen LogP contribution in [0.2, 0.25) is 0 Å². The second-order valence-corrected chi connectivity index (χ2v) is 6.21. The number of hydrogen-bond acceptors (Lipinski definition) is 3. The number of para-hydroxylation sites is 1. The Kier molecular flexibility index (Phi) is 6.07. The Labute approximate surface area is 128 Å². The maximum absolute atomic E-state index is 11.1. The molecule has 3 heteroatoms. The van der Waals surface area contributed by atoms with Gasteiger partial charge in [0.05, 0.1) is 12.7 Å². The molecule has 1 aromatic carbocycles. The van der Waals surface area contributed by atoms with Crippen LogP contribution in [0, 0.1) is 5.41 Å². The van der Waals surface area contributed by atoms with Gasteiger partial charge in [0.2, 0.25) is 0 Å². The maximum atomic E-state index is 11.1. The molecule has 0 aliphatic heterocycles. The average Bonchev–Trinajstić information content (AvgIpc) is 2.48. The summed E-state index contributed by atoms with van der Waals surface area (Å²) in [4.78, 5) is 0. The van der Waals surface area contributed by atoms with Crippen molar-refractivity contribution < 1.29 is 9.84 Å². The fourth-order valence-corrected chi connectivity index (χ4v) is 3.52. The molecule has 0 amide bonds. The summed E-state index contributed by atoms with van der Waals surface area (Å²) in [6.45, 7) is 3.12. The van der Waals surface area contributed by atoms with Crippen molar-refractivity contribution in [3.05, 3.63) is 29.8 Å². The first-order chi connectivity index (χ1) is 10.2. The van der Waals surface area contributed by atoms with Crippen LogP contribution >= 0.6 is 0 Å². The molecular formula is C18H29NO2. The summed E-state index contributed by atoms with van der Waals surface area (Å²) in [5.41, 5.74) is 6.81. The Bertz CT molecular complexity index is 425. The Morgan fingerprint density at radius 3 is 2.38 bits per heavy atom. The standard InChI is InChI=1S/C18H29NO2/c1-2-21-16-11-7-6-10-15(16)17(20)18(14-19)12-8-4-3-5-9-13-18/h6-7,10-11,17,20H,2-5,8-9,12-14,19H2,1H3. The predicted octanol–water partition coefficient (Wildman–Crippen LogP) is 3.81. The van der Waals surface area contributed by atoms with Crippen LogP contribution in [-0.4, -0.2) is 18.3 Å². The molecule has 1 atom stereocenters. The van der Waals surface area contributed by atoms with Crippen molar-refractivity contribution in [1.29, 1.82) is 0 Å². The number of aliphatic hydroxyl groups excluding tert-OH is 1. The van der Waals surface area contributed by atoms with Crippen molar-refractivity contribution in [2.24, 2.45) is 11.1 Å². The van der Waals surface area contributed by atoms with E-state index in [2.05, 4.69) is 0 Å². The van der Waals surface area contributed by atoms with Gasteiger partial charge in [0.15, 0.2) is 0 Å². The highest BCUT2D eigenvalue weighted by Crippen LogP contribution is 2.45. The van der Waals surface area contributed by atoms with E-state index in [1.807, 2.05) is 31.2 Å². The number of rotatable bonds is 5. The number of aliphatic hydroxyl groups is 1. The minimum atomic E-state index is -0.539. The molecule has 1 aliphatic carbocycles. The maximum Gasteiger partial charge on any atom is 0.125 e. The molecule has 118 valence electrons. The van der Waals surface area contributed by atoms with E-state index in [1.54, 1.807) is 0 Å². The average molecular weight is 291 g/mol. The minimum absolute atomic E-state index is 0.201. The lowest BCUT2D eigenvalue weighted by Gasteiger charge is -2.39. The molecule has 0 spiro atoms. The summed E-state index contributed by atoms with van der Waals surface area (Å²) >= 11 is 0. The molecule has 0 bridgehead atoms. The molecule has 3 nitrogen and oxygen atoms in total. The normalized spacial score (nSPS) is 20.3. The van der Waals surface area contributed by atoms with Crippen LogP contribution in [-0.2, 0) is 0 Å². The smallest absolute Gasteiger partial charge is 0.125 e. The van der Waals surface area contributed by atoms with Crippen molar-refractivity contribution in [2.45, 2.75) is 58.0 Å². The lowest BCUT2D eigenvalue weighted by Crippen LogP contribution is -2.37. The second-order valence-electron chi connectivity index (χ2n) is 6.21. The second kappa shape index (κ2) is 7.81. The van der Waals surface area contributed by atoms with Crippen LogP contribution in [0.3, 0.4) is 0 Å². The first-order valence-electron chi connectivity index (χ1n) is 8.33. The van der Waals surface area contributed by atoms with E-state index in [-0.39, 0.29) is 5.41 Å². The fraction of sp³-hybridized carbons (Fsp3) is 0.667. The van der Waals surface area contributed by atoms with Gasteiger partial charge in [-0.05, 0) is 25.8 Å². The molecule has 3 N–H and O–H groups in total. The number of benzene rings is 1. The highest BCUT2D eigenvalue weighted by Gasteiger charge is 2.38. The molecule has 1 fully saturated rings. The quantitative estimate of drug-likeness (QED) is 0.867. The van der Waals surface area contributed by atoms with Crippen LogP contribution in [0.5, 0.6) is 5.75 Å². The van der Waals surface area contributed by atoms with Gasteiger partial charge < -0.3 is 15.6 Å². The van der Waals surface area contributed by atoms with Gasteiger partial charge in [0.25, 0.3) is 0 Å². The van der Waals surface area contributed by atoms with Crippen molar-refractivity contribution in [1.82, 2.24) is 0 Å². The van der Waals surface area contributed by atoms with Crippen LogP contribution < -0.4 is 10.5 Å². The third kappa shape index (κ3) is 3.78. The summed E-state index contributed by atoms with van der Waals surface area (Å²) in [5, 5.41) is 11.1. The van der Waals surface area contributed by atoms with E-state index in [9.17, 15) is 5.11 Å². The third-order valence-electron chi connectivity index (χ3n) is 4.85. The monoisotopic (exact) mass is 291 g/mol. The Morgan fingerprint density at radius 2 is 1.76 bits per heavy atom. The molecule has 21 heavy (non-hydrogen) atoms. The predicted molar refractivity (Wildman–Crippen MR) is 86.4 cm³/mol. The first kappa shape index (κ1) is 16.3. The third-order valence-corrected chi connectivity index (χ3v) is 4.85. The van der Waals surface area contributed by atoms with Crippen LogP contribution in [0.25, 0.3) is 0 Å². The molecule has 1 saturated carbocycles. The van der Waals surface area contributed by atoms with E-state index >= 15 is 0 Å². The van der Waals surface area contributed by atoms with Crippen LogP contribution in [0.4, 0.5) is 0 Å². The molecule has 0 saturated heterocycles. The van der Waals surface area contributed by atoms with Gasteiger partial charge in [-0.15, -0.1) is 0 Å². The molecule has 0 radical (unpaired) electrons. The lowest BCUT2D eigenvalue weighted by atomic mass is 9.70. The molecule has 1 aliphatic rings. The van der Waals surface area contributed by atoms with Crippen molar-refractivity contribution >= 4 is 0 Å². The van der Waals surface area contributed by atoms with Crippen molar-refractivity contribution in [3.63, 3.8) is 0 Å². The number of ether oxygens (including phenoxy) is 1.